The third-order valence-electron chi connectivity index (χ3n) is 4.12. The van der Waals surface area contributed by atoms with Gasteiger partial charge in [-0.05, 0) is 24.6 Å². The summed E-state index contributed by atoms with van der Waals surface area (Å²) in [6.07, 6.45) is 0. The molecule has 1 aliphatic heterocycles. The maximum Gasteiger partial charge on any atom is 0.210 e. The van der Waals surface area contributed by atoms with Gasteiger partial charge in [0.25, 0.3) is 0 Å². The molecule has 1 aliphatic rings. The summed E-state index contributed by atoms with van der Waals surface area (Å²) in [5.41, 5.74) is 5.01. The SMILES string of the molecule is Cc1nnc2n1NC(c1cccc(Cl)c1)C(C(=O)c1ccccc1)S2. The molecule has 4 rings (SSSR count). The van der Waals surface area contributed by atoms with E-state index in [0.717, 1.165) is 11.4 Å². The number of hydrogen-bond acceptors (Lipinski definition) is 5. The molecule has 3 aromatic rings. The van der Waals surface area contributed by atoms with Crippen molar-refractivity contribution in [1.82, 2.24) is 14.9 Å². The molecule has 0 bridgehead atoms. The minimum Gasteiger partial charge on any atom is -0.313 e. The summed E-state index contributed by atoms with van der Waals surface area (Å²) in [5.74, 6) is 0.801. The summed E-state index contributed by atoms with van der Waals surface area (Å²) in [6, 6.07) is 16.6. The minimum absolute atomic E-state index is 0.0509. The summed E-state index contributed by atoms with van der Waals surface area (Å²) in [4.78, 5) is 13.1. The lowest BCUT2D eigenvalue weighted by Gasteiger charge is -2.32. The smallest absolute Gasteiger partial charge is 0.210 e. The number of thioether (sulfide) groups is 1. The van der Waals surface area contributed by atoms with Crippen LogP contribution in [-0.4, -0.2) is 25.9 Å². The Morgan fingerprint density at radius 1 is 1.16 bits per heavy atom. The number of nitrogens with one attached hydrogen (secondary N) is 1. The normalized spacial score (nSPS) is 19.1. The lowest BCUT2D eigenvalue weighted by atomic mass is 9.97. The second kappa shape index (κ2) is 6.54. The van der Waals surface area contributed by atoms with Gasteiger partial charge in [-0.1, -0.05) is 65.8 Å². The molecule has 2 atom stereocenters. The van der Waals surface area contributed by atoms with Crippen molar-refractivity contribution in [2.75, 3.05) is 5.43 Å². The molecule has 2 aromatic carbocycles. The van der Waals surface area contributed by atoms with Gasteiger partial charge in [0.15, 0.2) is 5.78 Å². The summed E-state index contributed by atoms with van der Waals surface area (Å²) >= 11 is 7.59. The van der Waals surface area contributed by atoms with Crippen molar-refractivity contribution in [2.45, 2.75) is 23.4 Å². The van der Waals surface area contributed by atoms with Crippen LogP contribution < -0.4 is 5.43 Å². The summed E-state index contributed by atoms with van der Waals surface area (Å²) < 4.78 is 1.82. The van der Waals surface area contributed by atoms with Crippen LogP contribution in [0.5, 0.6) is 0 Å². The Morgan fingerprint density at radius 2 is 1.96 bits per heavy atom. The van der Waals surface area contributed by atoms with E-state index in [9.17, 15) is 4.79 Å². The highest BCUT2D eigenvalue weighted by atomic mass is 35.5. The summed E-state index contributed by atoms with van der Waals surface area (Å²) in [7, 11) is 0. The van der Waals surface area contributed by atoms with E-state index >= 15 is 0 Å². The number of aromatic nitrogens is 3. The predicted molar refractivity (Wildman–Crippen MR) is 98.7 cm³/mol. The third-order valence-corrected chi connectivity index (χ3v) is 5.57. The maximum absolute atomic E-state index is 13.1. The van der Waals surface area contributed by atoms with Crippen LogP contribution in [0.4, 0.5) is 0 Å². The first-order valence-electron chi connectivity index (χ1n) is 7.83. The fourth-order valence-corrected chi connectivity index (χ4v) is 4.28. The second-order valence-electron chi connectivity index (χ2n) is 5.80. The van der Waals surface area contributed by atoms with Crippen molar-refractivity contribution in [2.24, 2.45) is 0 Å². The van der Waals surface area contributed by atoms with Crippen LogP contribution in [0.2, 0.25) is 5.02 Å². The van der Waals surface area contributed by atoms with Gasteiger partial charge in [0.2, 0.25) is 5.16 Å². The van der Waals surface area contributed by atoms with Crippen LogP contribution >= 0.6 is 23.4 Å². The number of benzene rings is 2. The Kier molecular flexibility index (Phi) is 4.23. The molecule has 0 aliphatic carbocycles. The fourth-order valence-electron chi connectivity index (χ4n) is 2.88. The number of Topliss-reactive ketones (excluding diaryl/α,β-unsaturated/α-hetero) is 1. The third kappa shape index (κ3) is 3.03. The molecule has 0 fully saturated rings. The Bertz CT molecular complexity index is 928. The molecule has 2 heterocycles. The van der Waals surface area contributed by atoms with Crippen molar-refractivity contribution in [3.05, 3.63) is 76.6 Å². The predicted octanol–water partition coefficient (Wildman–Crippen LogP) is 3.88. The molecule has 0 saturated heterocycles. The molecule has 0 radical (unpaired) electrons. The number of aryl methyl sites for hydroxylation is 1. The van der Waals surface area contributed by atoms with E-state index in [1.807, 2.05) is 66.2 Å². The van der Waals surface area contributed by atoms with Gasteiger partial charge in [0.1, 0.15) is 11.1 Å². The molecule has 0 saturated carbocycles. The molecule has 1 aromatic heterocycles. The first-order valence-corrected chi connectivity index (χ1v) is 9.09. The molecule has 126 valence electrons. The van der Waals surface area contributed by atoms with Gasteiger partial charge in [-0.3, -0.25) is 4.79 Å². The van der Waals surface area contributed by atoms with Gasteiger partial charge >= 0.3 is 0 Å². The van der Waals surface area contributed by atoms with Gasteiger partial charge in [0.05, 0.1) is 6.04 Å². The largest absolute Gasteiger partial charge is 0.313 e. The molecule has 25 heavy (non-hydrogen) atoms. The molecular formula is C18H15ClN4OS. The fraction of sp³-hybridized carbons (Fsp3) is 0.167. The zero-order valence-electron chi connectivity index (χ0n) is 13.4. The van der Waals surface area contributed by atoms with Gasteiger partial charge in [0, 0.05) is 10.6 Å². The van der Waals surface area contributed by atoms with Crippen molar-refractivity contribution in [1.29, 1.82) is 0 Å². The zero-order valence-corrected chi connectivity index (χ0v) is 15.0. The molecule has 1 N–H and O–H groups in total. The van der Waals surface area contributed by atoms with E-state index < -0.39 is 0 Å². The highest BCUT2D eigenvalue weighted by Gasteiger charge is 2.37. The Labute approximate surface area is 154 Å². The molecule has 5 nitrogen and oxygen atoms in total. The highest BCUT2D eigenvalue weighted by molar-refractivity contribution is 8.00. The number of nitrogens with zero attached hydrogens (tertiary/aromatic N) is 3. The van der Waals surface area contributed by atoms with Gasteiger partial charge in [-0.25, -0.2) is 4.68 Å². The number of hydrogen-bond donors (Lipinski definition) is 1. The van der Waals surface area contributed by atoms with Gasteiger partial charge in [-0.15, -0.1) is 10.2 Å². The molecule has 0 amide bonds. The van der Waals surface area contributed by atoms with E-state index in [-0.39, 0.29) is 17.1 Å². The van der Waals surface area contributed by atoms with Crippen LogP contribution in [0.15, 0.2) is 59.8 Å². The molecule has 0 spiro atoms. The Balaban J connectivity index is 1.77. The van der Waals surface area contributed by atoms with Crippen molar-refractivity contribution < 1.29 is 4.79 Å². The van der Waals surface area contributed by atoms with E-state index in [2.05, 4.69) is 15.6 Å². The zero-order chi connectivity index (χ0) is 17.4. The average Bonchev–Trinajstić information content (AvgIpc) is 3.01. The van der Waals surface area contributed by atoms with E-state index in [1.165, 1.54) is 11.8 Å². The number of halogens is 1. The number of fused-ring (bicyclic) bond motifs is 1. The van der Waals surface area contributed by atoms with Crippen LogP contribution in [0.25, 0.3) is 0 Å². The molecule has 7 heteroatoms. The first kappa shape index (κ1) is 16.2. The maximum atomic E-state index is 13.1. The lowest BCUT2D eigenvalue weighted by molar-refractivity contribution is 0.0980. The van der Waals surface area contributed by atoms with Crippen LogP contribution in [0, 0.1) is 6.92 Å². The highest BCUT2D eigenvalue weighted by Crippen LogP contribution is 2.39. The van der Waals surface area contributed by atoms with Gasteiger partial charge < -0.3 is 5.43 Å². The van der Waals surface area contributed by atoms with Crippen molar-refractivity contribution in [3.63, 3.8) is 0 Å². The number of carbonyl (C=O) groups is 1. The molecular weight excluding hydrogens is 356 g/mol. The van der Waals surface area contributed by atoms with Crippen molar-refractivity contribution in [3.8, 4) is 0 Å². The summed E-state index contributed by atoms with van der Waals surface area (Å²) in [6.45, 7) is 1.87. The second-order valence-corrected chi connectivity index (χ2v) is 7.34. The Morgan fingerprint density at radius 3 is 2.72 bits per heavy atom. The lowest BCUT2D eigenvalue weighted by Crippen LogP contribution is -2.39. The first-order chi connectivity index (χ1) is 12.1. The number of ketones is 1. The monoisotopic (exact) mass is 370 g/mol. The topological polar surface area (TPSA) is 59.8 Å². The van der Waals surface area contributed by atoms with E-state index in [0.29, 0.717) is 15.7 Å². The minimum atomic E-state index is -0.364. The Hall–Kier alpha value is -2.31. The van der Waals surface area contributed by atoms with Crippen LogP contribution in [0.1, 0.15) is 27.8 Å². The average molecular weight is 371 g/mol. The van der Waals surface area contributed by atoms with Crippen LogP contribution in [0.3, 0.4) is 0 Å². The molecule has 2 unspecified atom stereocenters. The van der Waals surface area contributed by atoms with Crippen molar-refractivity contribution >= 4 is 29.1 Å². The van der Waals surface area contributed by atoms with E-state index in [1.54, 1.807) is 0 Å². The number of rotatable bonds is 3. The van der Waals surface area contributed by atoms with Crippen LogP contribution in [-0.2, 0) is 0 Å². The summed E-state index contributed by atoms with van der Waals surface area (Å²) in [5, 5.41) is 9.23. The van der Waals surface area contributed by atoms with Gasteiger partial charge in [-0.2, -0.15) is 0 Å². The standard InChI is InChI=1S/C18H15ClN4OS/c1-11-20-21-18-23(11)22-15(13-8-5-9-14(19)10-13)17(25-18)16(24)12-6-3-2-4-7-12/h2-10,15,17,22H,1H3. The number of carbonyl (C=O) groups excluding carboxylic acids is 1. The van der Waals surface area contributed by atoms with E-state index in [4.69, 9.17) is 11.6 Å². The quantitative estimate of drug-likeness (QED) is 0.709.